The number of piperidine rings is 2. The molecule has 3 aliphatic rings. The number of carbonyl (C=O) groups is 1. The Morgan fingerprint density at radius 2 is 1.91 bits per heavy atom. The molecule has 2 saturated heterocycles. The lowest BCUT2D eigenvalue weighted by Gasteiger charge is -2.40. The Hall–Kier alpha value is -4.15. The Bertz CT molecular complexity index is 1820. The maximum absolute atomic E-state index is 15.5. The molecule has 1 N–H and O–H groups in total. The number of ether oxygens (including phenoxy) is 1. The van der Waals surface area contributed by atoms with Crippen LogP contribution in [0.25, 0.3) is 10.9 Å². The average Bonchev–Trinajstić information content (AvgIpc) is 3.93. The summed E-state index contributed by atoms with van der Waals surface area (Å²) in [4.78, 5) is 40.7. The second-order valence-corrected chi connectivity index (χ2v) is 13.5. The van der Waals surface area contributed by atoms with Crippen molar-refractivity contribution in [2.24, 2.45) is 5.92 Å². The summed E-state index contributed by atoms with van der Waals surface area (Å²) in [5.74, 6) is -1.54. The minimum Gasteiger partial charge on any atom is -0.423 e. The zero-order valence-corrected chi connectivity index (χ0v) is 27.3. The van der Waals surface area contributed by atoms with Crippen molar-refractivity contribution in [2.45, 2.75) is 77.5 Å². The zero-order chi connectivity index (χ0) is 32.5. The highest BCUT2D eigenvalue weighted by molar-refractivity contribution is 5.83. The minimum absolute atomic E-state index is 0.114. The van der Waals surface area contributed by atoms with E-state index in [1.54, 1.807) is 6.07 Å². The predicted molar refractivity (Wildman–Crippen MR) is 180 cm³/mol. The number of esters is 1. The largest absolute Gasteiger partial charge is 0.423 e. The van der Waals surface area contributed by atoms with Crippen molar-refractivity contribution in [2.75, 3.05) is 31.1 Å². The van der Waals surface area contributed by atoms with Crippen molar-refractivity contribution < 1.29 is 13.9 Å². The third kappa shape index (κ3) is 7.09. The van der Waals surface area contributed by atoms with Crippen molar-refractivity contribution >= 4 is 22.6 Å². The van der Waals surface area contributed by atoms with Gasteiger partial charge in [0.25, 0.3) is 0 Å². The highest BCUT2D eigenvalue weighted by Gasteiger charge is 2.31. The van der Waals surface area contributed by atoms with Gasteiger partial charge >= 0.3 is 5.97 Å². The fourth-order valence-corrected chi connectivity index (χ4v) is 7.10. The van der Waals surface area contributed by atoms with E-state index in [4.69, 9.17) is 4.74 Å². The van der Waals surface area contributed by atoms with Gasteiger partial charge in [0.05, 0.1) is 23.3 Å². The number of nitrogens with zero attached hydrogens (tertiary/aromatic N) is 5. The summed E-state index contributed by atoms with van der Waals surface area (Å²) in [5.41, 5.74) is 5.25. The lowest BCUT2D eigenvalue weighted by Crippen LogP contribution is -2.48. The number of pyridine rings is 3. The molecule has 0 spiro atoms. The molecule has 10 heteroatoms. The molecule has 5 heterocycles. The van der Waals surface area contributed by atoms with Crippen molar-refractivity contribution in [1.82, 2.24) is 24.8 Å². The molecule has 1 aromatic carbocycles. The van der Waals surface area contributed by atoms with E-state index in [1.807, 2.05) is 44.6 Å². The number of aryl methyl sites for hydroxylation is 2. The molecule has 7 rings (SSSR count). The molecule has 1 unspecified atom stereocenters. The molecule has 9 nitrogen and oxygen atoms in total. The fourth-order valence-electron chi connectivity index (χ4n) is 7.10. The van der Waals surface area contributed by atoms with Crippen LogP contribution in [0.3, 0.4) is 0 Å². The highest BCUT2D eigenvalue weighted by atomic mass is 19.1. The first-order chi connectivity index (χ1) is 22.8. The van der Waals surface area contributed by atoms with Crippen LogP contribution in [0.2, 0.25) is 0 Å². The number of anilines is 1. The van der Waals surface area contributed by atoms with Crippen LogP contribution >= 0.6 is 0 Å². The maximum Gasteiger partial charge on any atom is 0.315 e. The fraction of sp³-hybridized carbons (Fsp3) is 0.459. The van der Waals surface area contributed by atoms with Gasteiger partial charge in [-0.3, -0.25) is 24.5 Å². The Balaban J connectivity index is 1.21. The van der Waals surface area contributed by atoms with Crippen molar-refractivity contribution in [3.05, 3.63) is 93.5 Å². The Kier molecular flexibility index (Phi) is 9.05. The summed E-state index contributed by atoms with van der Waals surface area (Å²) >= 11 is 0. The van der Waals surface area contributed by atoms with Gasteiger partial charge in [0.15, 0.2) is 17.0 Å². The first-order valence-electron chi connectivity index (χ1n) is 17.0. The van der Waals surface area contributed by atoms with Crippen molar-refractivity contribution in [3.63, 3.8) is 0 Å². The predicted octanol–water partition coefficient (Wildman–Crippen LogP) is 5.46. The lowest BCUT2D eigenvalue weighted by atomic mass is 10.00. The molecule has 47 heavy (non-hydrogen) atoms. The molecule has 0 amide bonds. The normalized spacial score (nSPS) is 20.1. The topological polar surface area (TPSA) is 92.6 Å². The van der Waals surface area contributed by atoms with E-state index in [9.17, 15) is 9.59 Å². The third-order valence-corrected chi connectivity index (χ3v) is 9.83. The van der Waals surface area contributed by atoms with Crippen molar-refractivity contribution in [3.8, 4) is 5.75 Å². The number of rotatable bonds is 9. The van der Waals surface area contributed by atoms with Gasteiger partial charge in [-0.1, -0.05) is 0 Å². The Morgan fingerprint density at radius 1 is 1.04 bits per heavy atom. The number of nitrogens with one attached hydrogen (secondary N) is 1. The quantitative estimate of drug-likeness (QED) is 0.191. The maximum atomic E-state index is 15.5. The average molecular weight is 639 g/mol. The number of hydrogen-bond donors (Lipinski definition) is 1. The molecule has 2 atom stereocenters. The molecule has 0 radical (unpaired) electrons. The number of carbonyl (C=O) groups excluding carboxylic acids is 1. The van der Waals surface area contributed by atoms with E-state index in [0.717, 1.165) is 74.4 Å². The van der Waals surface area contributed by atoms with Gasteiger partial charge in [-0.2, -0.15) is 0 Å². The van der Waals surface area contributed by atoms with Gasteiger partial charge in [0.2, 0.25) is 0 Å². The standard InChI is InChI=1S/C37H43FN6O3/c1-24-7-8-30(19-41-24)42-14-4-6-31(23-42)43(20-26-11-13-40-25(2)15-26)21-28-22-44(29-9-10-29)34-17-35(33(38)16-32(34)36(28)45)47-37(46)27-5-3-12-39-18-27/h7-8,11,13,15-17,19,22,27,29,31,39H,3-6,9-10,12,14,18,20-21,23H2,1-2H3/t27?,31-/m0/s1. The van der Waals surface area contributed by atoms with Crippen LogP contribution in [-0.2, 0) is 17.9 Å². The molecule has 0 bridgehead atoms. The van der Waals surface area contributed by atoms with E-state index in [-0.39, 0.29) is 29.2 Å². The van der Waals surface area contributed by atoms with Gasteiger partial charge in [-0.15, -0.1) is 0 Å². The van der Waals surface area contributed by atoms with Crippen LogP contribution in [0.4, 0.5) is 10.1 Å². The number of fused-ring (bicyclic) bond motifs is 1. The summed E-state index contributed by atoms with van der Waals surface area (Å²) in [5, 5.41) is 3.53. The SMILES string of the molecule is Cc1ccc(N2CCC[C@H](N(Cc3ccnc(C)c3)Cc3cn(C4CC4)c4cc(OC(=O)C5CCCNC5)c(F)cc4c3=O)C2)cn1. The Morgan fingerprint density at radius 3 is 2.66 bits per heavy atom. The van der Waals surface area contributed by atoms with E-state index in [2.05, 4.69) is 41.8 Å². The Labute approximate surface area is 274 Å². The highest BCUT2D eigenvalue weighted by Crippen LogP contribution is 2.38. The van der Waals surface area contributed by atoms with Crippen LogP contribution in [0.15, 0.2) is 59.8 Å². The number of hydrogen-bond acceptors (Lipinski definition) is 8. The van der Waals surface area contributed by atoms with Crippen LogP contribution < -0.4 is 20.4 Å². The van der Waals surface area contributed by atoms with E-state index in [1.165, 1.54) is 6.07 Å². The molecule has 2 aliphatic heterocycles. The van der Waals surface area contributed by atoms with Gasteiger partial charge in [0.1, 0.15) is 0 Å². The summed E-state index contributed by atoms with van der Waals surface area (Å²) in [6.45, 7) is 8.25. The van der Waals surface area contributed by atoms with Gasteiger partial charge in [-0.25, -0.2) is 4.39 Å². The van der Waals surface area contributed by atoms with Crippen LogP contribution in [0, 0.1) is 25.6 Å². The van der Waals surface area contributed by atoms with Crippen LogP contribution in [0.5, 0.6) is 5.75 Å². The molecule has 3 aromatic heterocycles. The smallest absolute Gasteiger partial charge is 0.315 e. The second-order valence-electron chi connectivity index (χ2n) is 13.5. The van der Waals surface area contributed by atoms with E-state index >= 15 is 4.39 Å². The molecular formula is C37H43FN6O3. The van der Waals surface area contributed by atoms with Crippen molar-refractivity contribution in [1.29, 1.82) is 0 Å². The minimum atomic E-state index is -0.690. The second kappa shape index (κ2) is 13.5. The lowest BCUT2D eigenvalue weighted by molar-refractivity contribution is -0.139. The monoisotopic (exact) mass is 638 g/mol. The summed E-state index contributed by atoms with van der Waals surface area (Å²) in [6.07, 6.45) is 11.3. The van der Waals surface area contributed by atoms with E-state index < -0.39 is 11.8 Å². The molecule has 4 aromatic rings. The number of benzene rings is 1. The number of aromatic nitrogens is 3. The van der Waals surface area contributed by atoms with Gasteiger partial charge < -0.3 is 19.5 Å². The van der Waals surface area contributed by atoms with Gasteiger partial charge in [-0.05, 0) is 94.8 Å². The molecule has 1 aliphatic carbocycles. The first-order valence-corrected chi connectivity index (χ1v) is 17.0. The van der Waals surface area contributed by atoms with Crippen LogP contribution in [-0.4, -0.2) is 57.6 Å². The van der Waals surface area contributed by atoms with Crippen LogP contribution in [0.1, 0.15) is 67.1 Å². The molecular weight excluding hydrogens is 595 g/mol. The zero-order valence-electron chi connectivity index (χ0n) is 27.3. The first kappa shape index (κ1) is 31.4. The van der Waals surface area contributed by atoms with Gasteiger partial charge in [0, 0.05) is 85.6 Å². The summed E-state index contributed by atoms with van der Waals surface area (Å²) in [7, 11) is 0. The van der Waals surface area contributed by atoms with E-state index in [0.29, 0.717) is 42.5 Å². The molecule has 3 fully saturated rings. The molecule has 246 valence electrons. The molecule has 1 saturated carbocycles. The summed E-state index contributed by atoms with van der Waals surface area (Å²) in [6, 6.07) is 11.5. The summed E-state index contributed by atoms with van der Waals surface area (Å²) < 4.78 is 23.2. The third-order valence-electron chi connectivity index (χ3n) is 9.83. The number of halogens is 1.